The number of likely N-dealkylation sites (tertiary alicyclic amines) is 2. The van der Waals surface area contributed by atoms with E-state index in [1.807, 2.05) is 11.4 Å². The van der Waals surface area contributed by atoms with Crippen LogP contribution in [0.15, 0.2) is 11.4 Å². The third kappa shape index (κ3) is 2.60. The number of carboxylic acids is 1. The third-order valence-corrected chi connectivity index (χ3v) is 6.61. The van der Waals surface area contributed by atoms with Crippen molar-refractivity contribution < 1.29 is 19.5 Å². The van der Waals surface area contributed by atoms with Gasteiger partial charge in [0.05, 0.1) is 17.0 Å². The molecule has 6 nitrogen and oxygen atoms in total. The summed E-state index contributed by atoms with van der Waals surface area (Å²) in [6.45, 7) is 3.03. The summed E-state index contributed by atoms with van der Waals surface area (Å²) in [4.78, 5) is 40.8. The maximum Gasteiger partial charge on any atom is 0.309 e. The summed E-state index contributed by atoms with van der Waals surface area (Å²) in [5.74, 6) is -1.72. The topological polar surface area (TPSA) is 77.9 Å². The molecule has 3 heterocycles. The Morgan fingerprint density at radius 1 is 1.38 bits per heavy atom. The van der Waals surface area contributed by atoms with Gasteiger partial charge in [0.25, 0.3) is 5.91 Å². The Labute approximate surface area is 145 Å². The minimum absolute atomic E-state index is 0.000323. The summed E-state index contributed by atoms with van der Waals surface area (Å²) in [6, 6.07) is 1.93. The van der Waals surface area contributed by atoms with Crippen LogP contribution >= 0.6 is 11.3 Å². The minimum atomic E-state index is -0.919. The van der Waals surface area contributed by atoms with E-state index in [0.29, 0.717) is 31.5 Å². The number of aryl methyl sites for hydroxylation is 1. The number of carbonyl (C=O) groups is 3. The van der Waals surface area contributed by atoms with E-state index in [9.17, 15) is 19.5 Å². The lowest BCUT2D eigenvalue weighted by atomic mass is 9.77. The van der Waals surface area contributed by atoms with Crippen molar-refractivity contribution in [2.45, 2.75) is 38.1 Å². The molecule has 1 aromatic heterocycles. The molecule has 0 radical (unpaired) electrons. The maximum atomic E-state index is 12.6. The van der Waals surface area contributed by atoms with Crippen LogP contribution in [0.5, 0.6) is 0 Å². The van der Waals surface area contributed by atoms with E-state index in [2.05, 4.69) is 6.92 Å². The molecule has 2 aliphatic rings. The van der Waals surface area contributed by atoms with Crippen LogP contribution in [0.1, 0.15) is 41.4 Å². The van der Waals surface area contributed by atoms with Gasteiger partial charge in [0.2, 0.25) is 5.91 Å². The molecule has 2 aliphatic heterocycles. The van der Waals surface area contributed by atoms with Crippen LogP contribution in [-0.2, 0) is 16.0 Å². The summed E-state index contributed by atoms with van der Waals surface area (Å²) < 4.78 is 0. The number of hydrogen-bond donors (Lipinski definition) is 1. The lowest BCUT2D eigenvalue weighted by Crippen LogP contribution is -2.56. The molecule has 1 atom stereocenters. The molecule has 3 rings (SSSR count). The van der Waals surface area contributed by atoms with Gasteiger partial charge in [-0.25, -0.2) is 0 Å². The van der Waals surface area contributed by atoms with Crippen molar-refractivity contribution in [3.05, 3.63) is 21.9 Å². The van der Waals surface area contributed by atoms with Crippen molar-refractivity contribution in [2.24, 2.45) is 5.92 Å². The highest BCUT2D eigenvalue weighted by Gasteiger charge is 2.55. The third-order valence-electron chi connectivity index (χ3n) is 5.53. The van der Waals surface area contributed by atoms with Gasteiger partial charge < -0.3 is 14.9 Å². The molecule has 2 saturated heterocycles. The minimum Gasteiger partial charge on any atom is -0.481 e. The van der Waals surface area contributed by atoms with Crippen LogP contribution in [0.3, 0.4) is 0 Å². The number of amides is 2. The Balaban J connectivity index is 1.74. The Morgan fingerprint density at radius 2 is 2.04 bits per heavy atom. The molecule has 0 aromatic carbocycles. The quantitative estimate of drug-likeness (QED) is 0.902. The molecule has 1 unspecified atom stereocenters. The molecule has 7 heteroatoms. The van der Waals surface area contributed by atoms with E-state index in [-0.39, 0.29) is 18.2 Å². The first kappa shape index (κ1) is 17.0. The highest BCUT2D eigenvalue weighted by atomic mass is 32.1. The first-order valence-electron chi connectivity index (χ1n) is 8.25. The van der Waals surface area contributed by atoms with Crippen molar-refractivity contribution in [1.29, 1.82) is 0 Å². The van der Waals surface area contributed by atoms with E-state index >= 15 is 0 Å². The molecular formula is C17H22N2O4S. The van der Waals surface area contributed by atoms with Crippen LogP contribution in [0.25, 0.3) is 0 Å². The summed E-state index contributed by atoms with van der Waals surface area (Å²) in [5.41, 5.74) is 0.0570. The summed E-state index contributed by atoms with van der Waals surface area (Å²) >= 11 is 1.59. The monoisotopic (exact) mass is 350 g/mol. The number of hydrogen-bond acceptors (Lipinski definition) is 4. The van der Waals surface area contributed by atoms with Gasteiger partial charge in [-0.1, -0.05) is 6.92 Å². The average molecular weight is 350 g/mol. The normalized spacial score (nSPS) is 23.1. The van der Waals surface area contributed by atoms with Gasteiger partial charge in [0.15, 0.2) is 0 Å². The lowest BCUT2D eigenvalue weighted by Gasteiger charge is -2.45. The first-order valence-corrected chi connectivity index (χ1v) is 9.13. The van der Waals surface area contributed by atoms with Crippen LogP contribution < -0.4 is 0 Å². The molecular weight excluding hydrogens is 328 g/mol. The van der Waals surface area contributed by atoms with Gasteiger partial charge in [0.1, 0.15) is 0 Å². The molecule has 2 amide bonds. The Kier molecular flexibility index (Phi) is 4.38. The number of nitrogens with zero attached hydrogens (tertiary/aromatic N) is 2. The maximum absolute atomic E-state index is 12.6. The van der Waals surface area contributed by atoms with Gasteiger partial charge >= 0.3 is 5.97 Å². The standard InChI is InChI=1S/C17H22N2O4S/c1-3-12-8-11(10-24-12)15(21)19-6-4-17(5-7-19)13(16(22)23)9-14(20)18(17)2/h8,10,13H,3-7,9H2,1-2H3,(H,22,23). The zero-order valence-electron chi connectivity index (χ0n) is 13.9. The van der Waals surface area contributed by atoms with Crippen molar-refractivity contribution >= 4 is 29.1 Å². The molecule has 1 N–H and O–H groups in total. The van der Waals surface area contributed by atoms with Crippen molar-refractivity contribution in [3.8, 4) is 0 Å². The highest BCUT2D eigenvalue weighted by Crippen LogP contribution is 2.43. The van der Waals surface area contributed by atoms with Crippen LogP contribution in [-0.4, -0.2) is 58.4 Å². The fraction of sp³-hybridized carbons (Fsp3) is 0.588. The molecule has 0 saturated carbocycles. The summed E-state index contributed by atoms with van der Waals surface area (Å²) in [6.07, 6.45) is 2.00. The Morgan fingerprint density at radius 3 is 2.58 bits per heavy atom. The van der Waals surface area contributed by atoms with E-state index in [1.165, 1.54) is 4.88 Å². The van der Waals surface area contributed by atoms with Crippen LogP contribution in [0.4, 0.5) is 0 Å². The summed E-state index contributed by atoms with van der Waals surface area (Å²) in [7, 11) is 1.69. The molecule has 24 heavy (non-hydrogen) atoms. The average Bonchev–Trinajstić information content (AvgIpc) is 3.15. The molecule has 0 bridgehead atoms. The molecule has 0 aliphatic carbocycles. The number of carboxylic acid groups (broad SMARTS) is 1. The van der Waals surface area contributed by atoms with E-state index in [1.54, 1.807) is 28.2 Å². The predicted molar refractivity (Wildman–Crippen MR) is 90.1 cm³/mol. The van der Waals surface area contributed by atoms with Crippen LogP contribution in [0.2, 0.25) is 0 Å². The lowest BCUT2D eigenvalue weighted by molar-refractivity contribution is -0.145. The molecule has 1 spiro atoms. The summed E-state index contributed by atoms with van der Waals surface area (Å²) in [5, 5.41) is 11.4. The van der Waals surface area contributed by atoms with Gasteiger partial charge in [-0.2, -0.15) is 0 Å². The first-order chi connectivity index (χ1) is 11.4. The highest BCUT2D eigenvalue weighted by molar-refractivity contribution is 7.10. The van der Waals surface area contributed by atoms with Gasteiger partial charge in [-0.3, -0.25) is 14.4 Å². The van der Waals surface area contributed by atoms with Gasteiger partial charge in [-0.15, -0.1) is 11.3 Å². The second-order valence-electron chi connectivity index (χ2n) is 6.60. The fourth-order valence-corrected chi connectivity index (χ4v) is 4.75. The number of rotatable bonds is 3. The molecule has 2 fully saturated rings. The van der Waals surface area contributed by atoms with Crippen molar-refractivity contribution in [2.75, 3.05) is 20.1 Å². The Bertz CT molecular complexity index is 676. The van der Waals surface area contributed by atoms with E-state index < -0.39 is 17.4 Å². The number of carbonyl (C=O) groups excluding carboxylic acids is 2. The SMILES string of the molecule is CCc1cc(C(=O)N2CCC3(CC2)C(C(=O)O)CC(=O)N3C)cs1. The van der Waals surface area contributed by atoms with Crippen LogP contribution in [0, 0.1) is 5.92 Å². The van der Waals surface area contributed by atoms with Crippen molar-refractivity contribution in [1.82, 2.24) is 9.80 Å². The van der Waals surface area contributed by atoms with Gasteiger partial charge in [0, 0.05) is 36.8 Å². The fourth-order valence-electron chi connectivity index (χ4n) is 3.94. The molecule has 130 valence electrons. The van der Waals surface area contributed by atoms with E-state index in [0.717, 1.165) is 6.42 Å². The Hall–Kier alpha value is -1.89. The van der Waals surface area contributed by atoms with E-state index in [4.69, 9.17) is 0 Å². The second kappa shape index (κ2) is 6.20. The van der Waals surface area contributed by atoms with Gasteiger partial charge in [-0.05, 0) is 25.3 Å². The smallest absolute Gasteiger partial charge is 0.309 e. The number of piperidine rings is 1. The number of aliphatic carboxylic acids is 1. The molecule has 1 aromatic rings. The largest absolute Gasteiger partial charge is 0.481 e. The number of thiophene rings is 1. The second-order valence-corrected chi connectivity index (χ2v) is 7.59. The predicted octanol–water partition coefficient (Wildman–Crippen LogP) is 1.85. The zero-order chi connectivity index (χ0) is 17.5. The zero-order valence-corrected chi connectivity index (χ0v) is 14.8. The van der Waals surface area contributed by atoms with Crippen molar-refractivity contribution in [3.63, 3.8) is 0 Å².